The fourth-order valence-electron chi connectivity index (χ4n) is 5.64. The van der Waals surface area contributed by atoms with Crippen LogP contribution in [0.25, 0.3) is 23.1 Å². The van der Waals surface area contributed by atoms with Crippen molar-refractivity contribution in [2.45, 2.75) is 38.5 Å². The van der Waals surface area contributed by atoms with Crippen LogP contribution in [0.5, 0.6) is 0 Å². The molecule has 204 valence electrons. The first kappa shape index (κ1) is 27.2. The van der Waals surface area contributed by atoms with Gasteiger partial charge in [0.25, 0.3) is 5.91 Å². The summed E-state index contributed by atoms with van der Waals surface area (Å²) >= 11 is 3.61. The average molecular weight is 602 g/mol. The third-order valence-electron chi connectivity index (χ3n) is 7.91. The van der Waals surface area contributed by atoms with Gasteiger partial charge in [0, 0.05) is 28.0 Å². The standard InChI is InChI=1S/C37H33BrN2O/c1-37(2,3)29-16-13-25(14-17-29)15-19-31-23-33(32-22-30(38)18-20-34(32)39-31)36(41)40-24-28(26-9-5-4-6-10-26)21-27-11-7-8-12-35(27)40/h4-20,22-23,28H,21,24H2,1-3H3/b19-15+. The minimum Gasteiger partial charge on any atom is -0.307 e. The molecule has 1 amide bonds. The lowest BCUT2D eigenvalue weighted by atomic mass is 9.86. The molecule has 0 saturated heterocycles. The lowest BCUT2D eigenvalue weighted by Gasteiger charge is -2.35. The van der Waals surface area contributed by atoms with Gasteiger partial charge in [0.2, 0.25) is 0 Å². The number of benzene rings is 4. The van der Waals surface area contributed by atoms with Gasteiger partial charge in [-0.25, -0.2) is 4.98 Å². The molecule has 0 N–H and O–H groups in total. The van der Waals surface area contributed by atoms with Gasteiger partial charge in [-0.15, -0.1) is 0 Å². The SMILES string of the molecule is CC(C)(C)c1ccc(/C=C/c2cc(C(=O)N3CC(c4ccccc4)Cc4ccccc43)c3cc(Br)ccc3n2)cc1. The largest absolute Gasteiger partial charge is 0.307 e. The second-order valence-electron chi connectivity index (χ2n) is 11.8. The van der Waals surface area contributed by atoms with Crippen molar-refractivity contribution in [2.24, 2.45) is 0 Å². The summed E-state index contributed by atoms with van der Waals surface area (Å²) in [4.78, 5) is 21.3. The van der Waals surface area contributed by atoms with Crippen LogP contribution in [0.3, 0.4) is 0 Å². The first-order valence-electron chi connectivity index (χ1n) is 14.1. The van der Waals surface area contributed by atoms with E-state index < -0.39 is 0 Å². The average Bonchev–Trinajstić information content (AvgIpc) is 2.99. The Balaban J connectivity index is 1.40. The van der Waals surface area contributed by atoms with E-state index in [0.717, 1.165) is 38.7 Å². The summed E-state index contributed by atoms with van der Waals surface area (Å²) in [6, 6.07) is 35.3. The van der Waals surface area contributed by atoms with E-state index in [-0.39, 0.29) is 17.2 Å². The summed E-state index contributed by atoms with van der Waals surface area (Å²) in [5.41, 5.74) is 8.15. The highest BCUT2D eigenvalue weighted by Crippen LogP contribution is 2.36. The predicted molar refractivity (Wildman–Crippen MR) is 175 cm³/mol. The van der Waals surface area contributed by atoms with Crippen LogP contribution in [0.1, 0.15) is 65.0 Å². The van der Waals surface area contributed by atoms with Gasteiger partial charge in [-0.3, -0.25) is 4.79 Å². The van der Waals surface area contributed by atoms with Crippen LogP contribution in [-0.2, 0) is 11.8 Å². The molecule has 0 radical (unpaired) electrons. The van der Waals surface area contributed by atoms with Crippen LogP contribution in [0.2, 0.25) is 0 Å². The van der Waals surface area contributed by atoms with Crippen molar-refractivity contribution in [1.82, 2.24) is 4.98 Å². The Labute approximate surface area is 250 Å². The normalized spacial score (nSPS) is 15.3. The Morgan fingerprint density at radius 1 is 0.878 bits per heavy atom. The van der Waals surface area contributed by atoms with Gasteiger partial charge in [-0.1, -0.05) is 116 Å². The number of hydrogen-bond donors (Lipinski definition) is 0. The molecule has 0 saturated carbocycles. The molecule has 1 aliphatic rings. The van der Waals surface area contributed by atoms with Crippen molar-refractivity contribution in [2.75, 3.05) is 11.4 Å². The number of nitrogens with zero attached hydrogens (tertiary/aromatic N) is 2. The van der Waals surface area contributed by atoms with E-state index >= 15 is 0 Å². The lowest BCUT2D eigenvalue weighted by Crippen LogP contribution is -2.39. The third kappa shape index (κ3) is 5.75. The van der Waals surface area contributed by atoms with E-state index in [0.29, 0.717) is 12.1 Å². The molecule has 1 unspecified atom stereocenters. The third-order valence-corrected chi connectivity index (χ3v) is 8.41. The number of halogens is 1. The number of hydrogen-bond acceptors (Lipinski definition) is 2. The zero-order chi connectivity index (χ0) is 28.6. The zero-order valence-electron chi connectivity index (χ0n) is 23.6. The molecular weight excluding hydrogens is 568 g/mol. The molecule has 5 aromatic rings. The number of para-hydroxylation sites is 1. The van der Waals surface area contributed by atoms with Crippen LogP contribution < -0.4 is 4.90 Å². The van der Waals surface area contributed by atoms with Gasteiger partial charge < -0.3 is 4.90 Å². The van der Waals surface area contributed by atoms with Crippen LogP contribution in [0.15, 0.2) is 108 Å². The van der Waals surface area contributed by atoms with Gasteiger partial charge in [0.15, 0.2) is 0 Å². The van der Waals surface area contributed by atoms with Crippen LogP contribution in [0.4, 0.5) is 5.69 Å². The van der Waals surface area contributed by atoms with Crippen molar-refractivity contribution in [3.05, 3.63) is 141 Å². The molecule has 1 aliphatic heterocycles. The Hall–Kier alpha value is -4.02. The summed E-state index contributed by atoms with van der Waals surface area (Å²) in [6.07, 6.45) is 4.98. The molecule has 0 bridgehead atoms. The summed E-state index contributed by atoms with van der Waals surface area (Å²) in [6.45, 7) is 7.28. The zero-order valence-corrected chi connectivity index (χ0v) is 25.2. The summed E-state index contributed by atoms with van der Waals surface area (Å²) in [5, 5.41) is 0.843. The molecule has 4 aromatic carbocycles. The second-order valence-corrected chi connectivity index (χ2v) is 12.7. The lowest BCUT2D eigenvalue weighted by molar-refractivity contribution is 0.0985. The molecule has 1 atom stereocenters. The number of aromatic nitrogens is 1. The van der Waals surface area contributed by atoms with Crippen molar-refractivity contribution in [3.63, 3.8) is 0 Å². The number of fused-ring (bicyclic) bond motifs is 2. The number of amides is 1. The van der Waals surface area contributed by atoms with Crippen LogP contribution >= 0.6 is 15.9 Å². The molecule has 3 nitrogen and oxygen atoms in total. The maximum atomic E-state index is 14.5. The van der Waals surface area contributed by atoms with Crippen LogP contribution in [0, 0.1) is 0 Å². The quantitative estimate of drug-likeness (QED) is 0.206. The molecule has 6 rings (SSSR count). The van der Waals surface area contributed by atoms with Gasteiger partial charge >= 0.3 is 0 Å². The number of rotatable bonds is 4. The van der Waals surface area contributed by atoms with Crippen molar-refractivity contribution in [1.29, 1.82) is 0 Å². The molecule has 0 spiro atoms. The van der Waals surface area contributed by atoms with E-state index in [1.807, 2.05) is 47.4 Å². The topological polar surface area (TPSA) is 33.2 Å². The highest BCUT2D eigenvalue weighted by Gasteiger charge is 2.31. The maximum Gasteiger partial charge on any atom is 0.259 e. The van der Waals surface area contributed by atoms with E-state index in [9.17, 15) is 4.79 Å². The van der Waals surface area contributed by atoms with Crippen molar-refractivity contribution >= 4 is 50.6 Å². The number of carbonyl (C=O) groups is 1. The smallest absolute Gasteiger partial charge is 0.259 e. The second kappa shape index (κ2) is 11.1. The number of anilines is 1. The number of carbonyl (C=O) groups excluding carboxylic acids is 1. The summed E-state index contributed by atoms with van der Waals surface area (Å²) in [7, 11) is 0. The predicted octanol–water partition coefficient (Wildman–Crippen LogP) is 9.45. The first-order valence-corrected chi connectivity index (χ1v) is 14.9. The van der Waals surface area contributed by atoms with Gasteiger partial charge in [-0.05, 0) is 70.5 Å². The van der Waals surface area contributed by atoms with Crippen LogP contribution in [-0.4, -0.2) is 17.4 Å². The van der Waals surface area contributed by atoms with E-state index in [4.69, 9.17) is 4.98 Å². The fourth-order valence-corrected chi connectivity index (χ4v) is 6.00. The monoisotopic (exact) mass is 600 g/mol. The summed E-state index contributed by atoms with van der Waals surface area (Å²) in [5.74, 6) is 0.220. The number of pyridine rings is 1. The Morgan fingerprint density at radius 2 is 1.61 bits per heavy atom. The molecule has 41 heavy (non-hydrogen) atoms. The Morgan fingerprint density at radius 3 is 2.37 bits per heavy atom. The Bertz CT molecular complexity index is 1750. The Kier molecular flexibility index (Phi) is 7.35. The maximum absolute atomic E-state index is 14.5. The molecule has 4 heteroatoms. The van der Waals surface area contributed by atoms with Gasteiger partial charge in [0.05, 0.1) is 16.8 Å². The minimum absolute atomic E-state index is 0.00670. The van der Waals surface area contributed by atoms with E-state index in [1.54, 1.807) is 0 Å². The molecule has 0 fully saturated rings. The molecule has 0 aliphatic carbocycles. The molecular formula is C37H33BrN2O. The summed E-state index contributed by atoms with van der Waals surface area (Å²) < 4.78 is 0.921. The molecule has 1 aromatic heterocycles. The minimum atomic E-state index is -0.00670. The van der Waals surface area contributed by atoms with Crippen molar-refractivity contribution in [3.8, 4) is 0 Å². The fraction of sp³-hybridized carbons (Fsp3) is 0.189. The van der Waals surface area contributed by atoms with Gasteiger partial charge in [0.1, 0.15) is 0 Å². The highest BCUT2D eigenvalue weighted by molar-refractivity contribution is 9.10. The first-order chi connectivity index (χ1) is 19.8. The van der Waals surface area contributed by atoms with Crippen molar-refractivity contribution < 1.29 is 4.79 Å². The highest BCUT2D eigenvalue weighted by atomic mass is 79.9. The van der Waals surface area contributed by atoms with Gasteiger partial charge in [-0.2, -0.15) is 0 Å². The van der Waals surface area contributed by atoms with E-state index in [1.165, 1.54) is 16.7 Å². The van der Waals surface area contributed by atoms with E-state index in [2.05, 4.69) is 110 Å². The molecule has 2 heterocycles.